The van der Waals surface area contributed by atoms with Gasteiger partial charge in [-0.1, -0.05) is 26.7 Å². The minimum absolute atomic E-state index is 0.0323. The summed E-state index contributed by atoms with van der Waals surface area (Å²) in [5, 5.41) is 8.65. The number of carboxylic acid groups (broad SMARTS) is 1. The second kappa shape index (κ2) is 9.02. The molecule has 0 aliphatic rings. The SMILES string of the molecule is CCCC(CCC)C(=O)N(CC)CCC(=O)O. The number of aliphatic carboxylic acids is 1. The molecule has 0 heterocycles. The molecule has 1 amide bonds. The summed E-state index contributed by atoms with van der Waals surface area (Å²) in [5.74, 6) is -0.657. The Kier molecular flexibility index (Phi) is 8.46. The predicted molar refractivity (Wildman–Crippen MR) is 67.8 cm³/mol. The lowest BCUT2D eigenvalue weighted by molar-refractivity contribution is -0.139. The summed E-state index contributed by atoms with van der Waals surface area (Å²) < 4.78 is 0. The van der Waals surface area contributed by atoms with Crippen molar-refractivity contribution in [1.29, 1.82) is 0 Å². The molecule has 0 saturated carbocycles. The average Bonchev–Trinajstić information content (AvgIpc) is 2.29. The Balaban J connectivity index is 4.40. The first-order chi connectivity index (χ1) is 8.06. The molecule has 0 spiro atoms. The van der Waals surface area contributed by atoms with Crippen LogP contribution < -0.4 is 0 Å². The molecule has 0 aromatic rings. The topological polar surface area (TPSA) is 57.6 Å². The number of hydrogen-bond donors (Lipinski definition) is 1. The normalized spacial score (nSPS) is 10.6. The smallest absolute Gasteiger partial charge is 0.305 e. The van der Waals surface area contributed by atoms with Gasteiger partial charge in [-0.25, -0.2) is 0 Å². The number of rotatable bonds is 9. The van der Waals surface area contributed by atoms with E-state index in [2.05, 4.69) is 13.8 Å². The molecular weight excluding hydrogens is 218 g/mol. The standard InChI is InChI=1S/C13H25NO3/c1-4-7-11(8-5-2)13(17)14(6-3)10-9-12(15)16/h11H,4-10H2,1-3H3,(H,15,16). The van der Waals surface area contributed by atoms with Gasteiger partial charge in [-0.15, -0.1) is 0 Å². The van der Waals surface area contributed by atoms with Crippen LogP contribution in [-0.4, -0.2) is 35.0 Å². The molecule has 100 valence electrons. The van der Waals surface area contributed by atoms with Gasteiger partial charge in [0.2, 0.25) is 5.91 Å². The summed E-state index contributed by atoms with van der Waals surface area (Å²) in [6.07, 6.45) is 3.82. The van der Waals surface area contributed by atoms with Crippen LogP contribution in [-0.2, 0) is 9.59 Å². The zero-order valence-electron chi connectivity index (χ0n) is 11.2. The highest BCUT2D eigenvalue weighted by molar-refractivity contribution is 5.79. The Labute approximate surface area is 104 Å². The van der Waals surface area contributed by atoms with Crippen LogP contribution in [0.4, 0.5) is 0 Å². The van der Waals surface area contributed by atoms with Crippen molar-refractivity contribution in [3.63, 3.8) is 0 Å². The molecule has 0 saturated heterocycles. The lowest BCUT2D eigenvalue weighted by atomic mass is 9.96. The Morgan fingerprint density at radius 1 is 1.12 bits per heavy atom. The maximum Gasteiger partial charge on any atom is 0.305 e. The molecule has 0 unspecified atom stereocenters. The maximum absolute atomic E-state index is 12.2. The van der Waals surface area contributed by atoms with E-state index < -0.39 is 5.97 Å². The Hall–Kier alpha value is -1.06. The van der Waals surface area contributed by atoms with Gasteiger partial charge >= 0.3 is 5.97 Å². The van der Waals surface area contributed by atoms with Crippen LogP contribution in [0, 0.1) is 5.92 Å². The fourth-order valence-electron chi connectivity index (χ4n) is 2.00. The van der Waals surface area contributed by atoms with Crippen molar-refractivity contribution in [2.45, 2.75) is 52.9 Å². The van der Waals surface area contributed by atoms with Crippen molar-refractivity contribution >= 4 is 11.9 Å². The van der Waals surface area contributed by atoms with Gasteiger partial charge in [0, 0.05) is 19.0 Å². The average molecular weight is 243 g/mol. The molecule has 0 fully saturated rings. The van der Waals surface area contributed by atoms with Gasteiger partial charge in [0.05, 0.1) is 6.42 Å². The zero-order valence-corrected chi connectivity index (χ0v) is 11.2. The fraction of sp³-hybridized carbons (Fsp3) is 0.846. The molecule has 4 heteroatoms. The van der Waals surface area contributed by atoms with Gasteiger partial charge in [0.15, 0.2) is 0 Å². The van der Waals surface area contributed by atoms with E-state index in [4.69, 9.17) is 5.11 Å². The molecule has 0 aromatic heterocycles. The summed E-state index contributed by atoms with van der Waals surface area (Å²) in [4.78, 5) is 24.4. The predicted octanol–water partition coefficient (Wildman–Crippen LogP) is 2.53. The number of nitrogens with zero attached hydrogens (tertiary/aromatic N) is 1. The van der Waals surface area contributed by atoms with Gasteiger partial charge in [-0.05, 0) is 19.8 Å². The third-order valence-electron chi connectivity index (χ3n) is 2.91. The molecule has 4 nitrogen and oxygen atoms in total. The molecule has 0 rings (SSSR count). The number of amides is 1. The third-order valence-corrected chi connectivity index (χ3v) is 2.91. The second-order valence-electron chi connectivity index (χ2n) is 4.34. The Morgan fingerprint density at radius 3 is 2.00 bits per heavy atom. The van der Waals surface area contributed by atoms with E-state index in [-0.39, 0.29) is 18.2 Å². The van der Waals surface area contributed by atoms with Gasteiger partial charge in [-0.3, -0.25) is 9.59 Å². The molecule has 0 atom stereocenters. The second-order valence-corrected chi connectivity index (χ2v) is 4.34. The lowest BCUT2D eigenvalue weighted by Crippen LogP contribution is -2.37. The van der Waals surface area contributed by atoms with E-state index in [0.717, 1.165) is 25.7 Å². The summed E-state index contributed by atoms with van der Waals surface area (Å²) in [5.41, 5.74) is 0. The molecule has 17 heavy (non-hydrogen) atoms. The number of carbonyl (C=O) groups excluding carboxylic acids is 1. The van der Waals surface area contributed by atoms with Crippen molar-refractivity contribution in [1.82, 2.24) is 4.90 Å². The van der Waals surface area contributed by atoms with Crippen LogP contribution in [0.15, 0.2) is 0 Å². The molecule has 0 aliphatic heterocycles. The maximum atomic E-state index is 12.2. The van der Waals surface area contributed by atoms with E-state index in [0.29, 0.717) is 13.1 Å². The quantitative estimate of drug-likeness (QED) is 0.677. The molecular formula is C13H25NO3. The van der Waals surface area contributed by atoms with Crippen LogP contribution in [0.2, 0.25) is 0 Å². The summed E-state index contributed by atoms with van der Waals surface area (Å²) in [6.45, 7) is 6.96. The van der Waals surface area contributed by atoms with Crippen molar-refractivity contribution in [2.75, 3.05) is 13.1 Å². The molecule has 0 aromatic carbocycles. The van der Waals surface area contributed by atoms with Crippen molar-refractivity contribution in [3.05, 3.63) is 0 Å². The Bertz CT molecular complexity index is 235. The van der Waals surface area contributed by atoms with Crippen LogP contribution in [0.5, 0.6) is 0 Å². The van der Waals surface area contributed by atoms with Crippen molar-refractivity contribution in [2.24, 2.45) is 5.92 Å². The van der Waals surface area contributed by atoms with Gasteiger partial charge in [0.1, 0.15) is 0 Å². The van der Waals surface area contributed by atoms with E-state index in [1.807, 2.05) is 6.92 Å². The lowest BCUT2D eigenvalue weighted by Gasteiger charge is -2.25. The Morgan fingerprint density at radius 2 is 1.65 bits per heavy atom. The van der Waals surface area contributed by atoms with Gasteiger partial charge < -0.3 is 10.0 Å². The first kappa shape index (κ1) is 15.9. The molecule has 0 radical (unpaired) electrons. The van der Waals surface area contributed by atoms with E-state index in [1.165, 1.54) is 0 Å². The van der Waals surface area contributed by atoms with Gasteiger partial charge in [-0.2, -0.15) is 0 Å². The highest BCUT2D eigenvalue weighted by atomic mass is 16.4. The number of carboxylic acids is 1. The van der Waals surface area contributed by atoms with E-state index in [9.17, 15) is 9.59 Å². The highest BCUT2D eigenvalue weighted by Crippen LogP contribution is 2.16. The van der Waals surface area contributed by atoms with Crippen molar-refractivity contribution < 1.29 is 14.7 Å². The van der Waals surface area contributed by atoms with Crippen molar-refractivity contribution in [3.8, 4) is 0 Å². The fourth-order valence-corrected chi connectivity index (χ4v) is 2.00. The molecule has 1 N–H and O–H groups in total. The van der Waals surface area contributed by atoms with Crippen LogP contribution in [0.3, 0.4) is 0 Å². The molecule has 0 aliphatic carbocycles. The monoisotopic (exact) mass is 243 g/mol. The first-order valence-corrected chi connectivity index (χ1v) is 6.57. The molecule has 0 bridgehead atoms. The summed E-state index contributed by atoms with van der Waals surface area (Å²) in [6, 6.07) is 0. The van der Waals surface area contributed by atoms with Crippen LogP contribution in [0.25, 0.3) is 0 Å². The number of hydrogen-bond acceptors (Lipinski definition) is 2. The zero-order chi connectivity index (χ0) is 13.3. The van der Waals surface area contributed by atoms with Crippen LogP contribution in [0.1, 0.15) is 52.9 Å². The summed E-state index contributed by atoms with van der Waals surface area (Å²) >= 11 is 0. The van der Waals surface area contributed by atoms with Crippen LogP contribution >= 0.6 is 0 Å². The largest absolute Gasteiger partial charge is 0.481 e. The van der Waals surface area contributed by atoms with Gasteiger partial charge in [0.25, 0.3) is 0 Å². The minimum atomic E-state index is -0.848. The van der Waals surface area contributed by atoms with E-state index in [1.54, 1.807) is 4.90 Å². The van der Waals surface area contributed by atoms with E-state index >= 15 is 0 Å². The first-order valence-electron chi connectivity index (χ1n) is 6.57. The highest BCUT2D eigenvalue weighted by Gasteiger charge is 2.22. The third kappa shape index (κ3) is 6.29. The minimum Gasteiger partial charge on any atom is -0.481 e. The summed E-state index contributed by atoms with van der Waals surface area (Å²) in [7, 11) is 0. The number of carbonyl (C=O) groups is 2.